The van der Waals surface area contributed by atoms with Gasteiger partial charge in [-0.05, 0) is 80.3 Å². The molecule has 9 nitrogen and oxygen atoms in total. The highest BCUT2D eigenvalue weighted by Gasteiger charge is 2.79. The normalized spacial score (nSPS) is 28.5. The molecule has 42 heavy (non-hydrogen) atoms. The Bertz CT molecular complexity index is 1530. The Morgan fingerprint density at radius 1 is 1.00 bits per heavy atom. The third-order valence-corrected chi connectivity index (χ3v) is 9.34. The highest BCUT2D eigenvalue weighted by Crippen LogP contribution is 2.64. The molecule has 0 aromatic heterocycles. The maximum atomic E-state index is 14.2. The van der Waals surface area contributed by atoms with E-state index in [-0.39, 0.29) is 24.3 Å². The Morgan fingerprint density at radius 2 is 1.69 bits per heavy atom. The predicted octanol–water partition coefficient (Wildman–Crippen LogP) is 4.35. The van der Waals surface area contributed by atoms with Crippen LogP contribution in [-0.2, 0) is 19.1 Å². The van der Waals surface area contributed by atoms with Gasteiger partial charge in [0.1, 0.15) is 17.4 Å². The molecular formula is C33H37N3O6. The van der Waals surface area contributed by atoms with Crippen LogP contribution in [0.2, 0.25) is 0 Å². The van der Waals surface area contributed by atoms with E-state index in [4.69, 9.17) is 9.47 Å². The summed E-state index contributed by atoms with van der Waals surface area (Å²) >= 11 is 0. The Hall–Kier alpha value is -3.95. The number of likely N-dealkylation sites (tertiary alicyclic amines) is 1. The zero-order valence-electron chi connectivity index (χ0n) is 24.1. The van der Waals surface area contributed by atoms with Gasteiger partial charge in [0.2, 0.25) is 17.7 Å². The third-order valence-electron chi connectivity index (χ3n) is 9.34. The van der Waals surface area contributed by atoms with Gasteiger partial charge in [-0.15, -0.1) is 0 Å². The number of fused-ring (bicyclic) bond motifs is 2. The first-order valence-electron chi connectivity index (χ1n) is 14.7. The molecule has 2 unspecified atom stereocenters. The predicted molar refractivity (Wildman–Crippen MR) is 159 cm³/mol. The molecule has 3 aliphatic heterocycles. The van der Waals surface area contributed by atoms with Gasteiger partial charge in [-0.2, -0.15) is 0 Å². The van der Waals surface area contributed by atoms with Crippen molar-refractivity contribution in [1.29, 1.82) is 0 Å². The number of rotatable bonds is 9. The smallest absolute Gasteiger partial charge is 0.250 e. The van der Waals surface area contributed by atoms with Crippen LogP contribution in [0, 0.1) is 11.8 Å². The van der Waals surface area contributed by atoms with Crippen LogP contribution in [0.15, 0.2) is 66.7 Å². The number of amides is 3. The average molecular weight is 572 g/mol. The van der Waals surface area contributed by atoms with E-state index in [1.165, 1.54) is 4.90 Å². The van der Waals surface area contributed by atoms with Crippen LogP contribution in [0.5, 0.6) is 5.75 Å². The zero-order valence-corrected chi connectivity index (χ0v) is 24.1. The van der Waals surface area contributed by atoms with Gasteiger partial charge in [0.15, 0.2) is 0 Å². The van der Waals surface area contributed by atoms with Crippen LogP contribution < -0.4 is 15.4 Å². The molecule has 0 radical (unpaired) electrons. The summed E-state index contributed by atoms with van der Waals surface area (Å²) in [4.78, 5) is 43.7. The van der Waals surface area contributed by atoms with E-state index < -0.39 is 35.1 Å². The van der Waals surface area contributed by atoms with E-state index in [1.807, 2.05) is 56.3 Å². The molecule has 9 heteroatoms. The molecule has 3 amide bonds. The number of nitrogens with one attached hydrogen (secondary N) is 2. The lowest BCUT2D eigenvalue weighted by atomic mass is 9.65. The number of carbonyl (C=O) groups is 3. The van der Waals surface area contributed by atoms with Crippen molar-refractivity contribution in [2.45, 2.75) is 63.3 Å². The number of anilines is 2. The summed E-state index contributed by atoms with van der Waals surface area (Å²) in [7, 11) is 0. The largest absolute Gasteiger partial charge is 0.494 e. The lowest BCUT2D eigenvalue weighted by molar-refractivity contribution is -0.147. The molecule has 6 rings (SSSR count). The van der Waals surface area contributed by atoms with Gasteiger partial charge in [0.25, 0.3) is 0 Å². The summed E-state index contributed by atoms with van der Waals surface area (Å²) in [6, 6.07) is 19.0. The highest BCUT2D eigenvalue weighted by molar-refractivity contribution is 6.06. The van der Waals surface area contributed by atoms with E-state index in [0.29, 0.717) is 43.0 Å². The zero-order chi connectivity index (χ0) is 29.6. The molecule has 3 aliphatic rings. The summed E-state index contributed by atoms with van der Waals surface area (Å²) in [5, 5.41) is 18.2. The summed E-state index contributed by atoms with van der Waals surface area (Å²) < 4.78 is 12.3. The number of carbonyl (C=O) groups excluding carboxylic acids is 3. The number of hydrogen-bond acceptors (Lipinski definition) is 6. The molecule has 3 fully saturated rings. The average Bonchev–Trinajstić information content (AvgIpc) is 3.61. The minimum atomic E-state index is -1.18. The molecule has 220 valence electrons. The number of aliphatic hydroxyl groups excluding tert-OH is 1. The van der Waals surface area contributed by atoms with Crippen molar-refractivity contribution in [3.63, 3.8) is 0 Å². The van der Waals surface area contributed by atoms with Crippen LogP contribution >= 0.6 is 0 Å². The lowest BCUT2D eigenvalue weighted by Gasteiger charge is -2.36. The molecule has 3 heterocycles. The number of ether oxygens (including phenoxy) is 2. The first-order valence-corrected chi connectivity index (χ1v) is 14.7. The van der Waals surface area contributed by atoms with Crippen molar-refractivity contribution >= 4 is 39.9 Å². The van der Waals surface area contributed by atoms with E-state index in [0.717, 1.165) is 10.8 Å². The standard InChI is InChI=1S/C33H37N3O6/c1-4-32-16-17-33(42-32)27(26(32)29(38)34-23-12-14-25(15-13-23)41-5-2)31(40)36(20(3)19-37)28(33)30(39)35-24-11-10-21-8-6-7-9-22(21)18-24/h6-15,18,20,26-28,37H,4-5,16-17,19H2,1-3H3,(H,34,38)(H,35,39)/t20-,26+,27+,28?,32-,33?/m1/s1. The molecule has 2 bridgehead atoms. The fourth-order valence-corrected chi connectivity index (χ4v) is 7.41. The van der Waals surface area contributed by atoms with Crippen molar-refractivity contribution in [2.75, 3.05) is 23.8 Å². The van der Waals surface area contributed by atoms with E-state index >= 15 is 0 Å². The molecule has 0 aliphatic carbocycles. The van der Waals surface area contributed by atoms with Crippen molar-refractivity contribution in [2.24, 2.45) is 11.8 Å². The summed E-state index contributed by atoms with van der Waals surface area (Å²) in [5.41, 5.74) is -0.863. The molecule has 3 N–H and O–H groups in total. The van der Waals surface area contributed by atoms with Crippen LogP contribution in [0.25, 0.3) is 10.8 Å². The van der Waals surface area contributed by atoms with Gasteiger partial charge < -0.3 is 30.1 Å². The quantitative estimate of drug-likeness (QED) is 0.352. The van der Waals surface area contributed by atoms with Crippen LogP contribution in [0.4, 0.5) is 11.4 Å². The number of hydrogen-bond donors (Lipinski definition) is 3. The van der Waals surface area contributed by atoms with Crippen LogP contribution in [0.3, 0.4) is 0 Å². The second-order valence-electron chi connectivity index (χ2n) is 11.6. The number of nitrogens with zero attached hydrogens (tertiary/aromatic N) is 1. The second-order valence-corrected chi connectivity index (χ2v) is 11.6. The van der Waals surface area contributed by atoms with Gasteiger partial charge in [-0.25, -0.2) is 0 Å². The summed E-state index contributed by atoms with van der Waals surface area (Å²) in [5.74, 6) is -1.98. The topological polar surface area (TPSA) is 117 Å². The van der Waals surface area contributed by atoms with Gasteiger partial charge in [0, 0.05) is 11.4 Å². The van der Waals surface area contributed by atoms with E-state index in [1.54, 1.807) is 31.2 Å². The summed E-state index contributed by atoms with van der Waals surface area (Å²) in [6.07, 6.45) is 1.54. The maximum Gasteiger partial charge on any atom is 0.250 e. The molecule has 3 saturated heterocycles. The SMILES string of the molecule is CCOc1ccc(NC(=O)[C@@H]2[C@H]3C(=O)N([C@H](C)CO)C(C(=O)Nc4ccc5ccccc5c4)C34CC[C@@]2(CC)O4)cc1. The highest BCUT2D eigenvalue weighted by atomic mass is 16.5. The van der Waals surface area contributed by atoms with Crippen LogP contribution in [-0.4, -0.2) is 64.2 Å². The van der Waals surface area contributed by atoms with Gasteiger partial charge in [0.05, 0.1) is 36.7 Å². The van der Waals surface area contributed by atoms with E-state index in [9.17, 15) is 19.5 Å². The minimum Gasteiger partial charge on any atom is -0.494 e. The Kier molecular flexibility index (Phi) is 7.19. The number of aliphatic hydroxyl groups is 1. The Labute approximate surface area is 245 Å². The van der Waals surface area contributed by atoms with Gasteiger partial charge in [-0.1, -0.05) is 37.3 Å². The van der Waals surface area contributed by atoms with Crippen molar-refractivity contribution in [3.8, 4) is 5.75 Å². The molecule has 0 saturated carbocycles. The molecule has 6 atom stereocenters. The van der Waals surface area contributed by atoms with Crippen LogP contribution in [0.1, 0.15) is 40.0 Å². The van der Waals surface area contributed by atoms with Gasteiger partial charge >= 0.3 is 0 Å². The maximum absolute atomic E-state index is 14.2. The van der Waals surface area contributed by atoms with Gasteiger partial charge in [-0.3, -0.25) is 14.4 Å². The Morgan fingerprint density at radius 3 is 2.38 bits per heavy atom. The van der Waals surface area contributed by atoms with Crippen molar-refractivity contribution < 1.29 is 29.0 Å². The number of benzene rings is 3. The molecule has 3 aromatic carbocycles. The molecular weight excluding hydrogens is 534 g/mol. The first-order chi connectivity index (χ1) is 20.3. The summed E-state index contributed by atoms with van der Waals surface area (Å²) in [6.45, 7) is 5.79. The fraction of sp³-hybridized carbons (Fsp3) is 0.424. The molecule has 1 spiro atoms. The fourth-order valence-electron chi connectivity index (χ4n) is 7.41. The lowest BCUT2D eigenvalue weighted by Crippen LogP contribution is -2.55. The van der Waals surface area contributed by atoms with E-state index in [2.05, 4.69) is 10.6 Å². The third kappa shape index (κ3) is 4.34. The van der Waals surface area contributed by atoms with Crippen molar-refractivity contribution in [1.82, 2.24) is 4.90 Å². The van der Waals surface area contributed by atoms with Crippen molar-refractivity contribution in [3.05, 3.63) is 66.7 Å². The first kappa shape index (κ1) is 28.2. The second kappa shape index (κ2) is 10.7. The minimum absolute atomic E-state index is 0.312. The Balaban J connectivity index is 1.34. The molecule has 3 aromatic rings. The monoisotopic (exact) mass is 571 g/mol.